The zero-order chi connectivity index (χ0) is 48.8. The number of rotatable bonds is 26. The fourth-order valence-corrected chi connectivity index (χ4v) is 8.26. The lowest BCUT2D eigenvalue weighted by Crippen LogP contribution is -2.65. The van der Waals surface area contributed by atoms with Crippen molar-refractivity contribution >= 4 is 89.1 Å². The second-order valence-electron chi connectivity index (χ2n) is 11.2. The third-order valence-corrected chi connectivity index (χ3v) is 10.3. The van der Waals surface area contributed by atoms with Crippen molar-refractivity contribution < 1.29 is 151 Å². The van der Waals surface area contributed by atoms with Gasteiger partial charge in [0.1, 0.15) is 36.6 Å². The normalized spacial score (nSPS) is 23.0. The summed E-state index contributed by atoms with van der Waals surface area (Å²) in [5, 5.41) is 1.82. The number of benzene rings is 1. The molecule has 63 heavy (non-hydrogen) atoms. The summed E-state index contributed by atoms with van der Waals surface area (Å²) in [4.78, 5) is 13.5. The molecule has 44 heteroatoms. The van der Waals surface area contributed by atoms with Crippen molar-refractivity contribution in [2.24, 2.45) is 0 Å². The van der Waals surface area contributed by atoms with Crippen LogP contribution in [0.3, 0.4) is 0 Å². The molecule has 1 heterocycles. The van der Waals surface area contributed by atoms with Gasteiger partial charge in [-0.1, -0.05) is 30.3 Å². The van der Waals surface area contributed by atoms with Crippen molar-refractivity contribution in [3.8, 4) is 0 Å². The molecule has 1 saturated heterocycles. The molecule has 1 aromatic rings. The van der Waals surface area contributed by atoms with Gasteiger partial charge in [-0.3, -0.25) is 41.2 Å². The Labute approximate surface area is 355 Å². The van der Waals surface area contributed by atoms with Gasteiger partial charge in [-0.05, 0) is 5.56 Å². The first-order valence-corrected chi connectivity index (χ1v) is 25.8. The van der Waals surface area contributed by atoms with Crippen LogP contribution in [0.15, 0.2) is 30.3 Å². The number of hydrogen-bond acceptors (Lipinski definition) is 27. The number of ether oxygens (including phenoxy) is 2. The van der Waals surface area contributed by atoms with E-state index >= 15 is 0 Å². The Hall–Kier alpha value is -2.43. The van der Waals surface area contributed by atoms with Gasteiger partial charge in [-0.15, -0.1) is 0 Å². The molecule has 9 atom stereocenters. The van der Waals surface area contributed by atoms with Crippen molar-refractivity contribution in [2.75, 3.05) is 13.2 Å². The predicted octanol–water partition coefficient (Wildman–Crippen LogP) is -5.82. The highest BCUT2D eigenvalue weighted by atomic mass is 32.3. The predicted molar refractivity (Wildman–Crippen MR) is 185 cm³/mol. The van der Waals surface area contributed by atoms with E-state index in [0.29, 0.717) is 0 Å². The molecular formula is C19H29NO35S8. The highest BCUT2D eigenvalue weighted by Crippen LogP contribution is 2.35. The summed E-state index contributed by atoms with van der Waals surface area (Å²) >= 11 is 0. The van der Waals surface area contributed by atoms with Crippen LogP contribution in [0.1, 0.15) is 5.56 Å². The monoisotopic (exact) mass is 1090 g/mol. The van der Waals surface area contributed by atoms with Gasteiger partial charge in [-0.25, -0.2) is 33.5 Å². The minimum atomic E-state index is -6.44. The van der Waals surface area contributed by atoms with Crippen LogP contribution >= 0.6 is 0 Å². The molecule has 9 N–H and O–H groups in total. The molecular weight excluding hydrogens is 1060 g/mol. The number of carbonyl (C=O) groups is 1. The average molecular weight is 1090 g/mol. The van der Waals surface area contributed by atoms with Crippen molar-refractivity contribution in [2.45, 2.75) is 61.7 Å². The number of hydrogen-bond donors (Lipinski definition) is 9. The van der Waals surface area contributed by atoms with Crippen LogP contribution in [0.4, 0.5) is 0 Å². The van der Waals surface area contributed by atoms with Crippen LogP contribution in [0, 0.1) is 0 Å². The van der Waals surface area contributed by atoms with Crippen LogP contribution in [-0.4, -0.2) is 178 Å². The Balaban J connectivity index is 3.18. The van der Waals surface area contributed by atoms with Crippen LogP contribution < -0.4 is 5.32 Å². The van der Waals surface area contributed by atoms with Crippen LogP contribution in [0.2, 0.25) is 0 Å². The topological polar surface area (TPSA) is 556 Å². The molecule has 0 aliphatic carbocycles. The molecule has 368 valence electrons. The van der Waals surface area contributed by atoms with Gasteiger partial charge in [0, 0.05) is 6.54 Å². The van der Waals surface area contributed by atoms with Crippen LogP contribution in [-0.2, 0) is 137 Å². The molecule has 1 amide bonds. The maximum Gasteiger partial charge on any atom is 0.398 e. The van der Waals surface area contributed by atoms with E-state index in [1.54, 1.807) is 0 Å². The van der Waals surface area contributed by atoms with Gasteiger partial charge in [0.25, 0.3) is 5.91 Å². The van der Waals surface area contributed by atoms with Gasteiger partial charge in [0.2, 0.25) is 0 Å². The molecule has 0 bridgehead atoms. The van der Waals surface area contributed by atoms with E-state index in [9.17, 15) is 104 Å². The maximum atomic E-state index is 13.5. The van der Waals surface area contributed by atoms with Gasteiger partial charge >= 0.3 is 83.2 Å². The number of carbonyl (C=O) groups excluding carboxylic acids is 1. The summed E-state index contributed by atoms with van der Waals surface area (Å²) in [7, 11) is -49.6. The average Bonchev–Trinajstić information content (AvgIpc) is 3.04. The van der Waals surface area contributed by atoms with Gasteiger partial charge in [0.15, 0.2) is 18.5 Å². The molecule has 1 aliphatic rings. The summed E-state index contributed by atoms with van der Waals surface area (Å²) in [5.74, 6) is -2.11. The second kappa shape index (κ2) is 21.5. The second-order valence-corrected chi connectivity index (χ2v) is 19.7. The van der Waals surface area contributed by atoms with E-state index in [2.05, 4.69) is 33.5 Å². The molecule has 0 unspecified atom stereocenters. The molecule has 1 aromatic carbocycles. The lowest BCUT2D eigenvalue weighted by atomic mass is 9.98. The minimum absolute atomic E-state index is 0.0798. The van der Waals surface area contributed by atoms with Crippen molar-refractivity contribution in [1.82, 2.24) is 5.32 Å². The lowest BCUT2D eigenvalue weighted by molar-refractivity contribution is -0.312. The van der Waals surface area contributed by atoms with Crippen molar-refractivity contribution in [1.29, 1.82) is 0 Å². The Morgan fingerprint density at radius 3 is 1.46 bits per heavy atom. The summed E-state index contributed by atoms with van der Waals surface area (Å²) in [5.41, 5.74) is 0.0798. The number of amides is 1. The first kappa shape index (κ1) is 56.7. The van der Waals surface area contributed by atoms with E-state index in [1.165, 1.54) is 30.3 Å². The molecule has 0 spiro atoms. The highest BCUT2D eigenvalue weighted by molar-refractivity contribution is 7.82. The van der Waals surface area contributed by atoms with E-state index in [0.717, 1.165) is 0 Å². The van der Waals surface area contributed by atoms with E-state index in [-0.39, 0.29) is 5.56 Å². The summed E-state index contributed by atoms with van der Waals surface area (Å²) in [6.45, 7) is -5.13. The first-order valence-electron chi connectivity index (χ1n) is 14.9. The minimum Gasteiger partial charge on any atom is -0.350 e. The molecule has 1 aliphatic heterocycles. The smallest absolute Gasteiger partial charge is 0.350 e. The SMILES string of the molecule is O=C(NCc1ccccc1)[C@@H](OS(=O)(=O)O)[C@@H](OS(=O)(=O)O)[C@@H](O[C@@H]1O[C@H](COS(=O)(=O)O)[C@H](OS(=O)(=O)O)[C@H](OS(=O)(=O)O)[C@H]1OS(=O)(=O)O)[C@@H](COS(=O)(=O)O)OS(=O)(=O)O. The zero-order valence-corrected chi connectivity index (χ0v) is 36.1. The van der Waals surface area contributed by atoms with Gasteiger partial charge < -0.3 is 14.8 Å². The summed E-state index contributed by atoms with van der Waals surface area (Å²) in [6, 6.07) is 6.60. The lowest BCUT2D eigenvalue weighted by Gasteiger charge is -2.45. The van der Waals surface area contributed by atoms with E-state index in [1.807, 2.05) is 5.32 Å². The zero-order valence-electron chi connectivity index (χ0n) is 29.6. The fourth-order valence-electron chi connectivity index (χ4n) is 4.73. The van der Waals surface area contributed by atoms with Crippen LogP contribution in [0.5, 0.6) is 0 Å². The molecule has 36 nitrogen and oxygen atoms in total. The quantitative estimate of drug-likeness (QED) is 0.0390. The molecule has 0 aromatic heterocycles. The fraction of sp³-hybridized carbons (Fsp3) is 0.632. The maximum absolute atomic E-state index is 13.5. The Bertz CT molecular complexity index is 2650. The van der Waals surface area contributed by atoms with Crippen molar-refractivity contribution in [3.05, 3.63) is 35.9 Å². The van der Waals surface area contributed by atoms with Gasteiger partial charge in [0.05, 0.1) is 13.2 Å². The third kappa shape index (κ3) is 23.0. The molecule has 0 saturated carbocycles. The third-order valence-electron chi connectivity index (χ3n) is 6.60. The van der Waals surface area contributed by atoms with Crippen molar-refractivity contribution in [3.63, 3.8) is 0 Å². The molecule has 2 rings (SSSR count). The van der Waals surface area contributed by atoms with Gasteiger partial charge in [-0.2, -0.15) is 67.3 Å². The standard InChI is InChI=1S/C19H29NO35S8/c21-18(20-6-9-4-2-1-3-5-9)16(54-62(40,41)42)14(52-60(34,35)36)12(11(50-58(28,29)30)8-47-57(25,26)27)49-19-17(55-63(43,44)45)15(53-61(37,38)39)13(51-59(31,32)33)10(48-19)7-46-56(22,23)24/h1-5,10-17,19H,6-8H2,(H,20,21)(H,22,23,24)(H,25,26,27)(H,28,29,30)(H,31,32,33)(H,34,35,36)(H,37,38,39)(H,40,41,42)(H,43,44,45)/t10-,11-,12+,13+,14+,15+,16+,17-,19+/m1/s1. The highest BCUT2D eigenvalue weighted by Gasteiger charge is 2.57. The number of nitrogens with one attached hydrogen (secondary N) is 1. The largest absolute Gasteiger partial charge is 0.398 e. The van der Waals surface area contributed by atoms with Crippen LogP contribution in [0.25, 0.3) is 0 Å². The summed E-state index contributed by atoms with van der Waals surface area (Å²) < 4.78 is 308. The Morgan fingerprint density at radius 1 is 0.556 bits per heavy atom. The van der Waals surface area contributed by atoms with E-state index in [4.69, 9.17) is 14.0 Å². The molecule has 0 radical (unpaired) electrons. The first-order chi connectivity index (χ1) is 28.1. The summed E-state index contributed by atoms with van der Waals surface area (Å²) in [6.07, 6.45) is -31.6. The Kier molecular flexibility index (Phi) is 19.3. The Morgan fingerprint density at radius 2 is 1.02 bits per heavy atom. The van der Waals surface area contributed by atoms with E-state index < -0.39 is 164 Å². The molecule has 1 fully saturated rings.